The molecule has 29 heavy (non-hydrogen) atoms. The summed E-state index contributed by atoms with van der Waals surface area (Å²) in [5.41, 5.74) is 3.14. The minimum absolute atomic E-state index is 0.212. The number of hydrogen-bond donors (Lipinski definition) is 1. The summed E-state index contributed by atoms with van der Waals surface area (Å²) in [5.74, 6) is 1.26. The van der Waals surface area contributed by atoms with Crippen LogP contribution in [-0.2, 0) is 6.61 Å². The highest BCUT2D eigenvalue weighted by Gasteiger charge is 2.16. The van der Waals surface area contributed by atoms with Gasteiger partial charge in [0.15, 0.2) is 11.6 Å². The van der Waals surface area contributed by atoms with Crippen LogP contribution in [0.4, 0.5) is 5.69 Å². The van der Waals surface area contributed by atoms with Gasteiger partial charge in [0.25, 0.3) is 5.91 Å². The van der Waals surface area contributed by atoms with Crippen molar-refractivity contribution in [1.29, 1.82) is 0 Å². The lowest BCUT2D eigenvalue weighted by atomic mass is 10.2. The Bertz CT molecular complexity index is 1110. The average molecular weight is 388 g/mol. The number of nitrogens with one attached hydrogen (secondary N) is 1. The quantitative estimate of drug-likeness (QED) is 0.532. The van der Waals surface area contributed by atoms with Gasteiger partial charge in [0, 0.05) is 11.3 Å². The summed E-state index contributed by atoms with van der Waals surface area (Å²) in [4.78, 5) is 17.0. The highest BCUT2D eigenvalue weighted by molar-refractivity contribution is 6.03. The number of amides is 1. The number of hydrogen-bond acceptors (Lipinski definition) is 5. The van der Waals surface area contributed by atoms with Gasteiger partial charge in [0.05, 0.1) is 23.8 Å². The van der Waals surface area contributed by atoms with Gasteiger partial charge in [-0.05, 0) is 50.2 Å². The minimum atomic E-state index is -0.359. The van der Waals surface area contributed by atoms with Gasteiger partial charge in [-0.15, -0.1) is 0 Å². The molecule has 3 aromatic heterocycles. The Labute approximate surface area is 168 Å². The number of ether oxygens (including phenoxy) is 1. The predicted molar refractivity (Wildman–Crippen MR) is 108 cm³/mol. The Morgan fingerprint density at radius 3 is 2.66 bits per heavy atom. The lowest BCUT2D eigenvalue weighted by Gasteiger charge is -2.08. The Morgan fingerprint density at radius 2 is 1.97 bits per heavy atom. The number of para-hydroxylation sites is 1. The zero-order chi connectivity index (χ0) is 20.2. The van der Waals surface area contributed by atoms with Crippen LogP contribution in [0.15, 0.2) is 71.5 Å². The standard InChI is InChI=1S/C22H20N4O3/c1-15-12-16(2)26(25-15)20-9-8-18(13-23-20)24-22(27)21-17(10-11-28-21)14-29-19-6-4-3-5-7-19/h3-13H,14H2,1-2H3,(H,24,27). The van der Waals surface area contributed by atoms with E-state index in [1.807, 2.05) is 50.2 Å². The number of aromatic nitrogens is 3. The molecule has 1 aromatic carbocycles. The van der Waals surface area contributed by atoms with Crippen molar-refractivity contribution in [1.82, 2.24) is 14.8 Å². The summed E-state index contributed by atoms with van der Waals surface area (Å²) in [6.07, 6.45) is 3.07. The van der Waals surface area contributed by atoms with Gasteiger partial charge in [-0.1, -0.05) is 18.2 Å². The van der Waals surface area contributed by atoms with E-state index < -0.39 is 0 Å². The normalized spacial score (nSPS) is 10.7. The molecule has 0 aliphatic rings. The molecule has 0 atom stereocenters. The van der Waals surface area contributed by atoms with Crippen LogP contribution in [0.2, 0.25) is 0 Å². The summed E-state index contributed by atoms with van der Waals surface area (Å²) in [6.45, 7) is 4.13. The molecule has 4 rings (SSSR count). The van der Waals surface area contributed by atoms with Crippen LogP contribution in [0.3, 0.4) is 0 Å². The van der Waals surface area contributed by atoms with Crippen LogP contribution < -0.4 is 10.1 Å². The third kappa shape index (κ3) is 4.19. The van der Waals surface area contributed by atoms with Crippen LogP contribution in [-0.4, -0.2) is 20.7 Å². The summed E-state index contributed by atoms with van der Waals surface area (Å²) >= 11 is 0. The van der Waals surface area contributed by atoms with Crippen molar-refractivity contribution < 1.29 is 13.9 Å². The maximum absolute atomic E-state index is 12.6. The topological polar surface area (TPSA) is 82.2 Å². The van der Waals surface area contributed by atoms with Gasteiger partial charge >= 0.3 is 0 Å². The predicted octanol–water partition coefficient (Wildman–Crippen LogP) is 4.31. The Morgan fingerprint density at radius 1 is 1.14 bits per heavy atom. The monoisotopic (exact) mass is 388 g/mol. The van der Waals surface area contributed by atoms with Crippen molar-refractivity contribution in [3.63, 3.8) is 0 Å². The van der Waals surface area contributed by atoms with E-state index >= 15 is 0 Å². The third-order valence-electron chi connectivity index (χ3n) is 4.32. The number of anilines is 1. The fraction of sp³-hybridized carbons (Fsp3) is 0.136. The SMILES string of the molecule is Cc1cc(C)n(-c2ccc(NC(=O)c3occc3COc3ccccc3)cn2)n1. The van der Waals surface area contributed by atoms with E-state index in [0.29, 0.717) is 17.1 Å². The number of aryl methyl sites for hydroxylation is 2. The largest absolute Gasteiger partial charge is 0.489 e. The van der Waals surface area contributed by atoms with Gasteiger partial charge in [0.2, 0.25) is 0 Å². The van der Waals surface area contributed by atoms with E-state index in [2.05, 4.69) is 15.4 Å². The zero-order valence-corrected chi connectivity index (χ0v) is 16.1. The first-order valence-electron chi connectivity index (χ1n) is 9.15. The maximum Gasteiger partial charge on any atom is 0.291 e. The van der Waals surface area contributed by atoms with Crippen LogP contribution in [0.5, 0.6) is 5.75 Å². The lowest BCUT2D eigenvalue weighted by Crippen LogP contribution is -2.14. The molecule has 7 heteroatoms. The molecule has 4 aromatic rings. The Hall–Kier alpha value is -3.87. The third-order valence-corrected chi connectivity index (χ3v) is 4.32. The van der Waals surface area contributed by atoms with Gasteiger partial charge in [-0.3, -0.25) is 4.79 Å². The number of benzene rings is 1. The summed E-state index contributed by atoms with van der Waals surface area (Å²) < 4.78 is 12.8. The van der Waals surface area contributed by atoms with Crippen molar-refractivity contribution in [3.8, 4) is 11.6 Å². The number of furan rings is 1. The molecule has 1 amide bonds. The number of rotatable bonds is 6. The molecule has 0 aliphatic carbocycles. The second kappa shape index (κ2) is 8.02. The van der Waals surface area contributed by atoms with Crippen molar-refractivity contribution in [2.24, 2.45) is 0 Å². The summed E-state index contributed by atoms with van der Waals surface area (Å²) in [5, 5.41) is 7.21. The number of nitrogens with zero attached hydrogens (tertiary/aromatic N) is 3. The number of carbonyl (C=O) groups excluding carboxylic acids is 1. The first-order valence-corrected chi connectivity index (χ1v) is 9.15. The first-order chi connectivity index (χ1) is 14.1. The lowest BCUT2D eigenvalue weighted by molar-refractivity contribution is 0.0993. The average Bonchev–Trinajstić information content (AvgIpc) is 3.33. The first kappa shape index (κ1) is 18.5. The molecule has 7 nitrogen and oxygen atoms in total. The molecule has 0 saturated carbocycles. The molecule has 0 spiro atoms. The number of carbonyl (C=O) groups is 1. The van der Waals surface area contributed by atoms with E-state index in [-0.39, 0.29) is 18.3 Å². The van der Waals surface area contributed by atoms with Crippen LogP contribution in [0, 0.1) is 13.8 Å². The molecule has 1 N–H and O–H groups in total. The van der Waals surface area contributed by atoms with Gasteiger partial charge in [0.1, 0.15) is 12.4 Å². The van der Waals surface area contributed by atoms with Crippen LogP contribution in [0.1, 0.15) is 27.5 Å². The second-order valence-corrected chi connectivity index (χ2v) is 6.57. The van der Waals surface area contributed by atoms with E-state index in [9.17, 15) is 4.79 Å². The number of pyridine rings is 1. The molecule has 0 saturated heterocycles. The van der Waals surface area contributed by atoms with E-state index in [0.717, 1.165) is 17.1 Å². The zero-order valence-electron chi connectivity index (χ0n) is 16.1. The molecule has 146 valence electrons. The fourth-order valence-corrected chi connectivity index (χ4v) is 2.96. The highest BCUT2D eigenvalue weighted by Crippen LogP contribution is 2.18. The molecule has 0 bridgehead atoms. The van der Waals surface area contributed by atoms with Gasteiger partial charge < -0.3 is 14.5 Å². The van der Waals surface area contributed by atoms with Crippen molar-refractivity contribution in [2.45, 2.75) is 20.5 Å². The van der Waals surface area contributed by atoms with Crippen molar-refractivity contribution >= 4 is 11.6 Å². The van der Waals surface area contributed by atoms with Crippen molar-refractivity contribution in [3.05, 3.63) is 89.8 Å². The maximum atomic E-state index is 12.6. The molecule has 0 unspecified atom stereocenters. The Balaban J connectivity index is 1.43. The minimum Gasteiger partial charge on any atom is -0.489 e. The highest BCUT2D eigenvalue weighted by atomic mass is 16.5. The van der Waals surface area contributed by atoms with Crippen LogP contribution >= 0.6 is 0 Å². The summed E-state index contributed by atoms with van der Waals surface area (Å²) in [6, 6.07) is 16.7. The molecule has 0 radical (unpaired) electrons. The fourth-order valence-electron chi connectivity index (χ4n) is 2.96. The second-order valence-electron chi connectivity index (χ2n) is 6.57. The molecule has 0 aliphatic heterocycles. The van der Waals surface area contributed by atoms with Gasteiger partial charge in [-0.25, -0.2) is 9.67 Å². The van der Waals surface area contributed by atoms with Gasteiger partial charge in [-0.2, -0.15) is 5.10 Å². The Kier molecular flexibility index (Phi) is 5.11. The van der Waals surface area contributed by atoms with Crippen LogP contribution in [0.25, 0.3) is 5.82 Å². The van der Waals surface area contributed by atoms with E-state index in [1.54, 1.807) is 29.1 Å². The smallest absolute Gasteiger partial charge is 0.291 e. The summed E-state index contributed by atoms with van der Waals surface area (Å²) in [7, 11) is 0. The molecule has 3 heterocycles. The molecular formula is C22H20N4O3. The molecular weight excluding hydrogens is 368 g/mol. The van der Waals surface area contributed by atoms with E-state index in [4.69, 9.17) is 9.15 Å². The molecule has 0 fully saturated rings. The van der Waals surface area contributed by atoms with Crippen molar-refractivity contribution in [2.75, 3.05) is 5.32 Å². The van der Waals surface area contributed by atoms with E-state index in [1.165, 1.54) is 6.26 Å².